The molecule has 2 aromatic heterocycles. The molecule has 2 N–H and O–H groups in total. The summed E-state index contributed by atoms with van der Waals surface area (Å²) in [5.41, 5.74) is 3.52. The molecule has 0 radical (unpaired) electrons. The molecule has 0 aromatic carbocycles. The Bertz CT molecular complexity index is 676. The van der Waals surface area contributed by atoms with Crippen molar-refractivity contribution in [3.8, 4) is 0 Å². The van der Waals surface area contributed by atoms with E-state index >= 15 is 0 Å². The van der Waals surface area contributed by atoms with Gasteiger partial charge in [0.1, 0.15) is 5.65 Å². The molecular formula is C15H20N4O2. The van der Waals surface area contributed by atoms with E-state index in [0.29, 0.717) is 18.7 Å². The Labute approximate surface area is 123 Å². The number of carbonyl (C=O) groups excluding carboxylic acids is 2. The lowest BCUT2D eigenvalue weighted by atomic mass is 10.2. The standard InChI is InChI=1S/C15H20N4O2/c1-4-13-10(2)19-9-12(5-6-14(19)18-13)15(21)17-8-7-16-11(3)20/h5-6,9H,4,7-8H2,1-3H3,(H,16,20)(H,17,21). The first kappa shape index (κ1) is 15.0. The highest BCUT2D eigenvalue weighted by Gasteiger charge is 2.10. The van der Waals surface area contributed by atoms with E-state index < -0.39 is 0 Å². The number of nitrogens with one attached hydrogen (secondary N) is 2. The van der Waals surface area contributed by atoms with Crippen LogP contribution in [-0.2, 0) is 11.2 Å². The normalized spacial score (nSPS) is 10.6. The van der Waals surface area contributed by atoms with Crippen LogP contribution in [0.25, 0.3) is 5.65 Å². The maximum Gasteiger partial charge on any atom is 0.252 e. The van der Waals surface area contributed by atoms with Crippen molar-refractivity contribution in [3.63, 3.8) is 0 Å². The maximum absolute atomic E-state index is 12.1. The van der Waals surface area contributed by atoms with E-state index in [1.54, 1.807) is 12.3 Å². The number of nitrogens with zero attached hydrogens (tertiary/aromatic N) is 2. The zero-order valence-electron chi connectivity index (χ0n) is 12.6. The van der Waals surface area contributed by atoms with Crippen molar-refractivity contribution in [1.29, 1.82) is 0 Å². The quantitative estimate of drug-likeness (QED) is 0.808. The zero-order valence-corrected chi connectivity index (χ0v) is 12.6. The fourth-order valence-corrected chi connectivity index (χ4v) is 2.20. The molecule has 2 heterocycles. The van der Waals surface area contributed by atoms with Gasteiger partial charge in [0.2, 0.25) is 5.91 Å². The predicted molar refractivity (Wildman–Crippen MR) is 80.3 cm³/mol. The van der Waals surface area contributed by atoms with Crippen molar-refractivity contribution in [3.05, 3.63) is 35.3 Å². The van der Waals surface area contributed by atoms with Crippen LogP contribution in [0, 0.1) is 6.92 Å². The monoisotopic (exact) mass is 288 g/mol. The van der Waals surface area contributed by atoms with Gasteiger partial charge in [-0.25, -0.2) is 4.98 Å². The van der Waals surface area contributed by atoms with E-state index in [-0.39, 0.29) is 11.8 Å². The van der Waals surface area contributed by atoms with Gasteiger partial charge in [0.05, 0.1) is 11.3 Å². The predicted octanol–water partition coefficient (Wildman–Crippen LogP) is 1.07. The molecule has 0 aliphatic heterocycles. The molecule has 0 saturated heterocycles. The molecule has 2 amide bonds. The van der Waals surface area contributed by atoms with E-state index in [0.717, 1.165) is 23.5 Å². The van der Waals surface area contributed by atoms with Gasteiger partial charge >= 0.3 is 0 Å². The zero-order chi connectivity index (χ0) is 15.4. The van der Waals surface area contributed by atoms with Crippen molar-refractivity contribution in [1.82, 2.24) is 20.0 Å². The highest BCUT2D eigenvalue weighted by molar-refractivity contribution is 5.94. The molecule has 0 atom stereocenters. The summed E-state index contributed by atoms with van der Waals surface area (Å²) in [6.45, 7) is 6.33. The Hall–Kier alpha value is -2.37. The van der Waals surface area contributed by atoms with Gasteiger partial charge in [-0.05, 0) is 25.5 Å². The lowest BCUT2D eigenvalue weighted by molar-refractivity contribution is -0.118. The van der Waals surface area contributed by atoms with Gasteiger partial charge in [0.25, 0.3) is 5.91 Å². The number of fused-ring (bicyclic) bond motifs is 1. The molecule has 2 aromatic rings. The summed E-state index contributed by atoms with van der Waals surface area (Å²) in [5.74, 6) is -0.264. The second kappa shape index (κ2) is 6.39. The number of aryl methyl sites for hydroxylation is 2. The fourth-order valence-electron chi connectivity index (χ4n) is 2.20. The van der Waals surface area contributed by atoms with Gasteiger partial charge in [0.15, 0.2) is 0 Å². The van der Waals surface area contributed by atoms with Crippen LogP contribution < -0.4 is 10.6 Å². The molecule has 0 aliphatic rings. The summed E-state index contributed by atoms with van der Waals surface area (Å²) in [5, 5.41) is 5.41. The first-order valence-electron chi connectivity index (χ1n) is 7.03. The molecular weight excluding hydrogens is 268 g/mol. The summed E-state index contributed by atoms with van der Waals surface area (Å²) >= 11 is 0. The minimum atomic E-state index is -0.159. The summed E-state index contributed by atoms with van der Waals surface area (Å²) in [6.07, 6.45) is 2.66. The SMILES string of the molecule is CCc1nc2ccc(C(=O)NCCNC(C)=O)cn2c1C. The van der Waals surface area contributed by atoms with Gasteiger partial charge in [-0.2, -0.15) is 0 Å². The van der Waals surface area contributed by atoms with Gasteiger partial charge in [-0.15, -0.1) is 0 Å². The van der Waals surface area contributed by atoms with E-state index in [1.807, 2.05) is 17.4 Å². The van der Waals surface area contributed by atoms with Gasteiger partial charge in [-0.3, -0.25) is 9.59 Å². The molecule has 0 fully saturated rings. The van der Waals surface area contributed by atoms with Crippen LogP contribution in [-0.4, -0.2) is 34.3 Å². The summed E-state index contributed by atoms with van der Waals surface area (Å²) in [4.78, 5) is 27.3. The van der Waals surface area contributed by atoms with E-state index in [2.05, 4.69) is 22.5 Å². The molecule has 0 bridgehead atoms. The number of amides is 2. The Kier molecular flexibility index (Phi) is 4.57. The summed E-state index contributed by atoms with van der Waals surface area (Å²) < 4.78 is 1.93. The van der Waals surface area contributed by atoms with Crippen molar-refractivity contribution >= 4 is 17.5 Å². The Morgan fingerprint density at radius 2 is 1.95 bits per heavy atom. The highest BCUT2D eigenvalue weighted by atomic mass is 16.2. The van der Waals surface area contributed by atoms with Gasteiger partial charge in [-0.1, -0.05) is 6.92 Å². The third-order valence-corrected chi connectivity index (χ3v) is 3.34. The van der Waals surface area contributed by atoms with Crippen molar-refractivity contribution in [2.75, 3.05) is 13.1 Å². The van der Waals surface area contributed by atoms with Crippen molar-refractivity contribution in [2.45, 2.75) is 27.2 Å². The van der Waals surface area contributed by atoms with Gasteiger partial charge < -0.3 is 15.0 Å². The Morgan fingerprint density at radius 3 is 2.62 bits per heavy atom. The van der Waals surface area contributed by atoms with Crippen LogP contribution in [0.3, 0.4) is 0 Å². The molecule has 6 heteroatoms. The lowest BCUT2D eigenvalue weighted by Crippen LogP contribution is -2.33. The second-order valence-electron chi connectivity index (χ2n) is 4.88. The number of aromatic nitrogens is 2. The Balaban J connectivity index is 2.09. The molecule has 21 heavy (non-hydrogen) atoms. The third kappa shape index (κ3) is 3.39. The Morgan fingerprint density at radius 1 is 1.24 bits per heavy atom. The molecule has 112 valence electrons. The first-order valence-corrected chi connectivity index (χ1v) is 7.03. The average Bonchev–Trinajstić information content (AvgIpc) is 2.79. The van der Waals surface area contributed by atoms with Crippen LogP contribution in [0.4, 0.5) is 0 Å². The fraction of sp³-hybridized carbons (Fsp3) is 0.400. The first-order chi connectivity index (χ1) is 10.0. The number of carbonyl (C=O) groups is 2. The summed E-state index contributed by atoms with van der Waals surface area (Å²) in [6, 6.07) is 3.60. The van der Waals surface area contributed by atoms with Crippen LogP contribution in [0.5, 0.6) is 0 Å². The van der Waals surface area contributed by atoms with Crippen molar-refractivity contribution < 1.29 is 9.59 Å². The molecule has 6 nitrogen and oxygen atoms in total. The second-order valence-corrected chi connectivity index (χ2v) is 4.88. The maximum atomic E-state index is 12.1. The highest BCUT2D eigenvalue weighted by Crippen LogP contribution is 2.13. The topological polar surface area (TPSA) is 75.5 Å². The summed E-state index contributed by atoms with van der Waals surface area (Å²) in [7, 11) is 0. The minimum Gasteiger partial charge on any atom is -0.355 e. The number of hydrogen-bond acceptors (Lipinski definition) is 3. The third-order valence-electron chi connectivity index (χ3n) is 3.34. The number of rotatable bonds is 5. The lowest BCUT2D eigenvalue weighted by Gasteiger charge is -2.06. The van der Waals surface area contributed by atoms with Crippen LogP contribution in [0.15, 0.2) is 18.3 Å². The van der Waals surface area contributed by atoms with Crippen LogP contribution in [0.2, 0.25) is 0 Å². The minimum absolute atomic E-state index is 0.105. The van der Waals surface area contributed by atoms with E-state index in [4.69, 9.17) is 0 Å². The van der Waals surface area contributed by atoms with Crippen LogP contribution >= 0.6 is 0 Å². The van der Waals surface area contributed by atoms with E-state index in [1.165, 1.54) is 6.92 Å². The molecule has 0 unspecified atom stereocenters. The number of pyridine rings is 1. The molecule has 0 saturated carbocycles. The van der Waals surface area contributed by atoms with Gasteiger partial charge in [0, 0.05) is 31.9 Å². The largest absolute Gasteiger partial charge is 0.355 e. The molecule has 0 aliphatic carbocycles. The van der Waals surface area contributed by atoms with E-state index in [9.17, 15) is 9.59 Å². The number of imidazole rings is 1. The average molecular weight is 288 g/mol. The van der Waals surface area contributed by atoms with Crippen molar-refractivity contribution in [2.24, 2.45) is 0 Å². The molecule has 0 spiro atoms. The number of hydrogen-bond donors (Lipinski definition) is 2. The van der Waals surface area contributed by atoms with Crippen LogP contribution in [0.1, 0.15) is 35.6 Å². The molecule has 2 rings (SSSR count). The smallest absolute Gasteiger partial charge is 0.252 e.